The summed E-state index contributed by atoms with van der Waals surface area (Å²) in [5.41, 5.74) is 5.53. The number of para-hydroxylation sites is 2. The number of ketones is 1. The normalized spacial score (nSPS) is 20.7. The van der Waals surface area contributed by atoms with Gasteiger partial charge >= 0.3 is 0 Å². The van der Waals surface area contributed by atoms with Gasteiger partial charge in [0.05, 0.1) is 12.8 Å². The minimum absolute atomic E-state index is 0.0455. The quantitative estimate of drug-likeness (QED) is 0.638. The van der Waals surface area contributed by atoms with Gasteiger partial charge in [-0.3, -0.25) is 14.5 Å². The molecule has 0 bridgehead atoms. The molecule has 0 fully saturated rings. The molecule has 1 heterocycles. The predicted octanol–water partition coefficient (Wildman–Crippen LogP) is 5.73. The summed E-state index contributed by atoms with van der Waals surface area (Å²) < 4.78 is 5.60. The van der Waals surface area contributed by atoms with E-state index in [9.17, 15) is 9.59 Å². The van der Waals surface area contributed by atoms with Crippen molar-refractivity contribution in [1.29, 1.82) is 0 Å². The molecule has 0 N–H and O–H groups in total. The van der Waals surface area contributed by atoms with Crippen LogP contribution in [0.2, 0.25) is 0 Å². The summed E-state index contributed by atoms with van der Waals surface area (Å²) in [7, 11) is 1.64. The summed E-state index contributed by atoms with van der Waals surface area (Å²) in [6.07, 6.45) is 2.29. The molecule has 0 saturated carbocycles. The van der Waals surface area contributed by atoms with Crippen molar-refractivity contribution in [1.82, 2.24) is 0 Å². The van der Waals surface area contributed by atoms with Crippen molar-refractivity contribution in [2.45, 2.75) is 59.3 Å². The summed E-state index contributed by atoms with van der Waals surface area (Å²) in [5, 5.41) is 0. The van der Waals surface area contributed by atoms with Gasteiger partial charge in [0.2, 0.25) is 5.91 Å². The van der Waals surface area contributed by atoms with Crippen LogP contribution >= 0.6 is 0 Å². The zero-order valence-corrected chi connectivity index (χ0v) is 19.1. The molecule has 2 aromatic rings. The van der Waals surface area contributed by atoms with Crippen molar-refractivity contribution in [3.8, 4) is 5.75 Å². The number of nitrogens with zero attached hydrogens (tertiary/aromatic N) is 1. The Morgan fingerprint density at radius 2 is 1.81 bits per heavy atom. The van der Waals surface area contributed by atoms with E-state index in [2.05, 4.69) is 26.8 Å². The number of carbonyl (C=O) groups is 2. The third kappa shape index (κ3) is 3.69. The molecule has 2 aliphatic rings. The summed E-state index contributed by atoms with van der Waals surface area (Å²) in [4.78, 5) is 29.1. The van der Waals surface area contributed by atoms with Crippen LogP contribution in [0.3, 0.4) is 0 Å². The standard InChI is InChI=1S/C27H31NO3/c1-6-18-11-9-10-17(2)26(18)28-21-15-27(3,4)16-22(29)25(21)20(14-24(28)30)19-12-7-8-13-23(19)31-5/h7-13,20H,6,14-16H2,1-5H3. The molecule has 1 aliphatic heterocycles. The van der Waals surface area contributed by atoms with Gasteiger partial charge in [-0.25, -0.2) is 0 Å². The molecule has 4 rings (SSSR count). The first-order valence-corrected chi connectivity index (χ1v) is 11.1. The van der Waals surface area contributed by atoms with Gasteiger partial charge in [0, 0.05) is 35.6 Å². The third-order valence-corrected chi connectivity index (χ3v) is 6.58. The number of rotatable bonds is 4. The van der Waals surface area contributed by atoms with Gasteiger partial charge in [-0.05, 0) is 42.4 Å². The monoisotopic (exact) mass is 417 g/mol. The van der Waals surface area contributed by atoms with E-state index in [0.29, 0.717) is 12.8 Å². The fraction of sp³-hybridized carbons (Fsp3) is 0.407. The molecule has 1 atom stereocenters. The smallest absolute Gasteiger partial charge is 0.232 e. The Balaban J connectivity index is 1.97. The van der Waals surface area contributed by atoms with Gasteiger partial charge in [0.15, 0.2) is 5.78 Å². The largest absolute Gasteiger partial charge is 0.496 e. The number of carbonyl (C=O) groups excluding carboxylic acids is 2. The number of hydrogen-bond acceptors (Lipinski definition) is 3. The van der Waals surface area contributed by atoms with Crippen molar-refractivity contribution in [3.63, 3.8) is 0 Å². The summed E-state index contributed by atoms with van der Waals surface area (Å²) in [5.74, 6) is 0.645. The molecule has 1 aliphatic carbocycles. The number of anilines is 1. The van der Waals surface area contributed by atoms with Crippen LogP contribution in [-0.2, 0) is 16.0 Å². The molecule has 0 saturated heterocycles. The van der Waals surface area contributed by atoms with Crippen LogP contribution in [-0.4, -0.2) is 18.8 Å². The molecule has 0 radical (unpaired) electrons. The lowest BCUT2D eigenvalue weighted by Crippen LogP contribution is -2.44. The van der Waals surface area contributed by atoms with Gasteiger partial charge < -0.3 is 4.74 Å². The van der Waals surface area contributed by atoms with Gasteiger partial charge in [-0.2, -0.15) is 0 Å². The lowest BCUT2D eigenvalue weighted by Gasteiger charge is -2.44. The first-order chi connectivity index (χ1) is 14.8. The first kappa shape index (κ1) is 21.4. The minimum Gasteiger partial charge on any atom is -0.496 e. The lowest BCUT2D eigenvalue weighted by atomic mass is 9.69. The Hall–Kier alpha value is -2.88. The lowest BCUT2D eigenvalue weighted by molar-refractivity contribution is -0.121. The van der Waals surface area contributed by atoms with Gasteiger partial charge in [0.1, 0.15) is 5.75 Å². The Labute approximate surface area is 184 Å². The highest BCUT2D eigenvalue weighted by atomic mass is 16.5. The average molecular weight is 418 g/mol. The molecule has 0 spiro atoms. The van der Waals surface area contributed by atoms with E-state index in [1.54, 1.807) is 7.11 Å². The van der Waals surface area contributed by atoms with Gasteiger partial charge in [0.25, 0.3) is 0 Å². The number of hydrogen-bond donors (Lipinski definition) is 0. The number of allylic oxidation sites excluding steroid dienone is 2. The van der Waals surface area contributed by atoms with Crippen molar-refractivity contribution < 1.29 is 14.3 Å². The van der Waals surface area contributed by atoms with E-state index in [1.807, 2.05) is 48.2 Å². The Kier molecular flexibility index (Phi) is 5.50. The SMILES string of the molecule is CCc1cccc(C)c1N1C(=O)CC(c2ccccc2OC)C2=C1CC(C)(C)CC2=O. The van der Waals surface area contributed by atoms with E-state index in [1.165, 1.54) is 0 Å². The zero-order valence-electron chi connectivity index (χ0n) is 19.1. The molecular weight excluding hydrogens is 386 g/mol. The second kappa shape index (κ2) is 7.99. The van der Waals surface area contributed by atoms with Crippen LogP contribution in [0, 0.1) is 12.3 Å². The highest BCUT2D eigenvalue weighted by Gasteiger charge is 2.45. The third-order valence-electron chi connectivity index (χ3n) is 6.58. The van der Waals surface area contributed by atoms with Gasteiger partial charge in [-0.1, -0.05) is 57.2 Å². The average Bonchev–Trinajstić information content (AvgIpc) is 2.72. The van der Waals surface area contributed by atoms with E-state index in [-0.39, 0.29) is 29.4 Å². The molecule has 4 nitrogen and oxygen atoms in total. The van der Waals surface area contributed by atoms with Crippen LogP contribution in [0.15, 0.2) is 53.7 Å². The molecule has 4 heteroatoms. The summed E-state index contributed by atoms with van der Waals surface area (Å²) in [6, 6.07) is 13.9. The zero-order chi connectivity index (χ0) is 22.3. The van der Waals surface area contributed by atoms with Crippen LogP contribution in [0.1, 0.15) is 62.6 Å². The van der Waals surface area contributed by atoms with E-state index in [0.717, 1.165) is 45.8 Å². The van der Waals surface area contributed by atoms with Crippen LogP contribution in [0.25, 0.3) is 0 Å². The van der Waals surface area contributed by atoms with Crippen LogP contribution in [0.5, 0.6) is 5.75 Å². The van der Waals surface area contributed by atoms with Crippen molar-refractivity contribution in [3.05, 3.63) is 70.4 Å². The molecule has 162 valence electrons. The maximum Gasteiger partial charge on any atom is 0.232 e. The van der Waals surface area contributed by atoms with E-state index in [4.69, 9.17) is 4.74 Å². The second-order valence-corrected chi connectivity index (χ2v) is 9.47. The number of aryl methyl sites for hydroxylation is 2. The van der Waals surface area contributed by atoms with Crippen LogP contribution < -0.4 is 9.64 Å². The molecular formula is C27H31NO3. The molecule has 1 amide bonds. The van der Waals surface area contributed by atoms with Gasteiger partial charge in [-0.15, -0.1) is 0 Å². The number of Topliss-reactive ketones (excluding diaryl/α,β-unsaturated/α-hetero) is 1. The Bertz CT molecular complexity index is 1080. The number of ether oxygens (including phenoxy) is 1. The highest BCUT2D eigenvalue weighted by molar-refractivity contribution is 6.08. The number of benzene rings is 2. The maximum atomic E-state index is 13.7. The van der Waals surface area contributed by atoms with Crippen molar-refractivity contribution in [2.24, 2.45) is 5.41 Å². The second-order valence-electron chi connectivity index (χ2n) is 9.47. The summed E-state index contributed by atoms with van der Waals surface area (Å²) >= 11 is 0. The molecule has 0 aromatic heterocycles. The summed E-state index contributed by atoms with van der Waals surface area (Å²) in [6.45, 7) is 8.38. The fourth-order valence-corrected chi connectivity index (χ4v) is 5.22. The van der Waals surface area contributed by atoms with Crippen molar-refractivity contribution in [2.75, 3.05) is 12.0 Å². The first-order valence-electron chi connectivity index (χ1n) is 11.1. The van der Waals surface area contributed by atoms with E-state index >= 15 is 0 Å². The Morgan fingerprint density at radius 1 is 1.06 bits per heavy atom. The topological polar surface area (TPSA) is 46.6 Å². The maximum absolute atomic E-state index is 13.7. The molecule has 31 heavy (non-hydrogen) atoms. The van der Waals surface area contributed by atoms with Crippen LogP contribution in [0.4, 0.5) is 5.69 Å². The van der Waals surface area contributed by atoms with Crippen molar-refractivity contribution >= 4 is 17.4 Å². The fourth-order valence-electron chi connectivity index (χ4n) is 5.22. The number of amides is 1. The molecule has 1 unspecified atom stereocenters. The highest BCUT2D eigenvalue weighted by Crippen LogP contribution is 2.50. The molecule has 2 aromatic carbocycles. The minimum atomic E-state index is -0.271. The number of methoxy groups -OCH3 is 1. The van der Waals surface area contributed by atoms with E-state index < -0.39 is 0 Å². The predicted molar refractivity (Wildman–Crippen MR) is 123 cm³/mol. The Morgan fingerprint density at radius 3 is 2.52 bits per heavy atom.